The third-order valence-corrected chi connectivity index (χ3v) is 5.35. The lowest BCUT2D eigenvalue weighted by Gasteiger charge is -2.10. The number of aryl methyl sites for hydroxylation is 3. The molecule has 4 nitrogen and oxygen atoms in total. The maximum Gasteiger partial charge on any atom is 0.234 e. The minimum Gasteiger partial charge on any atom is -0.325 e. The molecule has 1 heterocycles. The van der Waals surface area contributed by atoms with Gasteiger partial charge in [-0.3, -0.25) is 4.79 Å². The lowest BCUT2D eigenvalue weighted by Crippen LogP contribution is -2.15. The molecule has 0 spiro atoms. The number of thioether (sulfide) groups is 1. The highest BCUT2D eigenvalue weighted by Gasteiger charge is 2.12. The number of benzene rings is 2. The van der Waals surface area contributed by atoms with E-state index in [1.54, 1.807) is 0 Å². The summed E-state index contributed by atoms with van der Waals surface area (Å²) in [7, 11) is 0. The second-order valence-corrected chi connectivity index (χ2v) is 7.15. The zero-order valence-electron chi connectivity index (χ0n) is 15.0. The van der Waals surface area contributed by atoms with Gasteiger partial charge in [-0.25, -0.2) is 4.98 Å². The maximum atomic E-state index is 12.3. The van der Waals surface area contributed by atoms with Crippen molar-refractivity contribution in [2.45, 2.75) is 25.8 Å². The van der Waals surface area contributed by atoms with Crippen LogP contribution in [0.15, 0.2) is 47.5 Å². The van der Waals surface area contributed by atoms with E-state index in [1.807, 2.05) is 63.2 Å². The van der Waals surface area contributed by atoms with Gasteiger partial charge >= 0.3 is 0 Å². The van der Waals surface area contributed by atoms with Gasteiger partial charge in [0.15, 0.2) is 0 Å². The number of rotatable bonds is 4. The quantitative estimate of drug-likeness (QED) is 0.680. The Kier molecular flexibility index (Phi) is 5.24. The van der Waals surface area contributed by atoms with Gasteiger partial charge in [0.2, 0.25) is 5.91 Å². The Labute approximate surface area is 157 Å². The molecule has 0 aliphatic rings. The molecule has 130 valence electrons. The Balaban J connectivity index is 1.82. The van der Waals surface area contributed by atoms with Crippen molar-refractivity contribution in [3.8, 4) is 6.07 Å². The van der Waals surface area contributed by atoms with Crippen LogP contribution in [-0.4, -0.2) is 16.6 Å². The fourth-order valence-corrected chi connectivity index (χ4v) is 3.45. The first-order valence-corrected chi connectivity index (χ1v) is 9.27. The van der Waals surface area contributed by atoms with E-state index in [-0.39, 0.29) is 11.7 Å². The Bertz CT molecular complexity index is 1040. The van der Waals surface area contributed by atoms with Crippen LogP contribution in [0.1, 0.15) is 22.3 Å². The topological polar surface area (TPSA) is 65.8 Å². The minimum atomic E-state index is -0.115. The van der Waals surface area contributed by atoms with E-state index in [0.29, 0.717) is 10.6 Å². The van der Waals surface area contributed by atoms with E-state index in [0.717, 1.165) is 33.3 Å². The second kappa shape index (κ2) is 7.59. The standard InChI is InChI=1S/C21H19N3OS/c1-13-8-9-16-10-17(11-22)21(24-20(16)15(13)3)26-12-19(25)23-18-7-5-4-6-14(18)2/h4-10H,12H2,1-3H3,(H,23,25). The summed E-state index contributed by atoms with van der Waals surface area (Å²) in [5, 5.41) is 13.9. The van der Waals surface area contributed by atoms with E-state index in [2.05, 4.69) is 16.4 Å². The number of hydrogen-bond acceptors (Lipinski definition) is 4. The molecule has 26 heavy (non-hydrogen) atoms. The van der Waals surface area contributed by atoms with Gasteiger partial charge in [-0.1, -0.05) is 42.1 Å². The van der Waals surface area contributed by atoms with Gasteiger partial charge in [0.1, 0.15) is 11.1 Å². The number of amides is 1. The molecule has 0 bridgehead atoms. The van der Waals surface area contributed by atoms with Crippen molar-refractivity contribution in [1.29, 1.82) is 5.26 Å². The molecule has 2 aromatic carbocycles. The first-order valence-electron chi connectivity index (χ1n) is 8.29. The molecule has 3 rings (SSSR count). The molecule has 0 aliphatic heterocycles. The molecular formula is C21H19N3OS. The fraction of sp³-hybridized carbons (Fsp3) is 0.190. The molecule has 0 saturated carbocycles. The van der Waals surface area contributed by atoms with Crippen LogP contribution in [0.3, 0.4) is 0 Å². The van der Waals surface area contributed by atoms with Gasteiger partial charge in [0.05, 0.1) is 16.8 Å². The maximum absolute atomic E-state index is 12.3. The molecule has 0 radical (unpaired) electrons. The van der Waals surface area contributed by atoms with Crippen LogP contribution in [0.2, 0.25) is 0 Å². The van der Waals surface area contributed by atoms with Crippen molar-refractivity contribution in [3.05, 3.63) is 64.7 Å². The fourth-order valence-electron chi connectivity index (χ4n) is 2.69. The van der Waals surface area contributed by atoms with Gasteiger partial charge in [0.25, 0.3) is 0 Å². The first-order chi connectivity index (χ1) is 12.5. The number of aromatic nitrogens is 1. The monoisotopic (exact) mass is 361 g/mol. The largest absolute Gasteiger partial charge is 0.325 e. The SMILES string of the molecule is Cc1ccccc1NC(=O)CSc1nc2c(C)c(C)ccc2cc1C#N. The number of carbonyl (C=O) groups excluding carboxylic acids is 1. The van der Waals surface area contributed by atoms with Gasteiger partial charge in [-0.05, 0) is 49.6 Å². The molecule has 5 heteroatoms. The number of nitriles is 1. The van der Waals surface area contributed by atoms with E-state index in [1.165, 1.54) is 11.8 Å². The molecule has 0 unspecified atom stereocenters. The summed E-state index contributed by atoms with van der Waals surface area (Å²) in [6.07, 6.45) is 0. The molecule has 0 aliphatic carbocycles. The summed E-state index contributed by atoms with van der Waals surface area (Å²) in [6.45, 7) is 6.01. The molecule has 1 aromatic heterocycles. The average molecular weight is 361 g/mol. The van der Waals surface area contributed by atoms with Crippen LogP contribution in [-0.2, 0) is 4.79 Å². The van der Waals surface area contributed by atoms with Crippen molar-refractivity contribution in [1.82, 2.24) is 4.98 Å². The predicted octanol–water partition coefficient (Wildman–Crippen LogP) is 4.76. The summed E-state index contributed by atoms with van der Waals surface area (Å²) < 4.78 is 0. The van der Waals surface area contributed by atoms with Gasteiger partial charge in [0, 0.05) is 11.1 Å². The number of nitrogens with zero attached hydrogens (tertiary/aromatic N) is 2. The van der Waals surface area contributed by atoms with Gasteiger partial charge in [-0.15, -0.1) is 0 Å². The number of carbonyl (C=O) groups is 1. The molecule has 1 amide bonds. The van der Waals surface area contributed by atoms with Crippen LogP contribution in [0.4, 0.5) is 5.69 Å². The number of pyridine rings is 1. The van der Waals surface area contributed by atoms with Gasteiger partial charge < -0.3 is 5.32 Å². The number of fused-ring (bicyclic) bond motifs is 1. The highest BCUT2D eigenvalue weighted by molar-refractivity contribution is 8.00. The van der Waals surface area contributed by atoms with E-state index >= 15 is 0 Å². The van der Waals surface area contributed by atoms with Crippen molar-refractivity contribution >= 4 is 34.3 Å². The smallest absolute Gasteiger partial charge is 0.234 e. The highest BCUT2D eigenvalue weighted by Crippen LogP contribution is 2.27. The zero-order chi connectivity index (χ0) is 18.7. The number of hydrogen-bond donors (Lipinski definition) is 1. The lowest BCUT2D eigenvalue weighted by molar-refractivity contribution is -0.113. The second-order valence-electron chi connectivity index (χ2n) is 6.18. The molecule has 0 fully saturated rings. The van der Waals surface area contributed by atoms with E-state index in [4.69, 9.17) is 0 Å². The van der Waals surface area contributed by atoms with E-state index < -0.39 is 0 Å². The van der Waals surface area contributed by atoms with Crippen LogP contribution in [0.5, 0.6) is 0 Å². The van der Waals surface area contributed by atoms with Crippen molar-refractivity contribution in [2.75, 3.05) is 11.1 Å². The third kappa shape index (κ3) is 3.71. The lowest BCUT2D eigenvalue weighted by atomic mass is 10.0. The zero-order valence-corrected chi connectivity index (χ0v) is 15.8. The van der Waals surface area contributed by atoms with Crippen molar-refractivity contribution in [3.63, 3.8) is 0 Å². The van der Waals surface area contributed by atoms with Crippen molar-refractivity contribution in [2.24, 2.45) is 0 Å². The normalized spacial score (nSPS) is 10.5. The number of nitrogens with one attached hydrogen (secondary N) is 1. The Morgan fingerprint density at radius 2 is 1.92 bits per heavy atom. The summed E-state index contributed by atoms with van der Waals surface area (Å²) in [5.74, 6) is 0.0860. The summed E-state index contributed by atoms with van der Waals surface area (Å²) in [5.41, 5.74) is 5.44. The van der Waals surface area contributed by atoms with E-state index in [9.17, 15) is 10.1 Å². The number of anilines is 1. The molecule has 0 atom stereocenters. The molecule has 1 N–H and O–H groups in total. The van der Waals surface area contributed by atoms with Crippen LogP contribution >= 0.6 is 11.8 Å². The Morgan fingerprint density at radius 3 is 2.65 bits per heavy atom. The predicted molar refractivity (Wildman–Crippen MR) is 106 cm³/mol. The molecule has 3 aromatic rings. The Hall–Kier alpha value is -2.84. The Morgan fingerprint density at radius 1 is 1.15 bits per heavy atom. The third-order valence-electron chi connectivity index (χ3n) is 4.36. The molecular weight excluding hydrogens is 342 g/mol. The highest BCUT2D eigenvalue weighted by atomic mass is 32.2. The summed E-state index contributed by atoms with van der Waals surface area (Å²) in [6, 6.07) is 15.7. The summed E-state index contributed by atoms with van der Waals surface area (Å²) >= 11 is 1.29. The van der Waals surface area contributed by atoms with Crippen LogP contribution in [0, 0.1) is 32.1 Å². The molecule has 0 saturated heterocycles. The average Bonchev–Trinajstić information content (AvgIpc) is 2.64. The van der Waals surface area contributed by atoms with Crippen LogP contribution in [0.25, 0.3) is 10.9 Å². The minimum absolute atomic E-state index is 0.115. The van der Waals surface area contributed by atoms with Crippen molar-refractivity contribution < 1.29 is 4.79 Å². The van der Waals surface area contributed by atoms with Gasteiger partial charge in [-0.2, -0.15) is 5.26 Å². The summed E-state index contributed by atoms with van der Waals surface area (Å²) in [4.78, 5) is 16.9. The number of para-hydroxylation sites is 1. The van der Waals surface area contributed by atoms with Crippen LogP contribution < -0.4 is 5.32 Å². The first kappa shape index (κ1) is 18.0.